The van der Waals surface area contributed by atoms with Crippen LogP contribution >= 0.6 is 0 Å². The van der Waals surface area contributed by atoms with Crippen molar-refractivity contribution in [1.82, 2.24) is 15.2 Å². The van der Waals surface area contributed by atoms with Gasteiger partial charge in [0, 0.05) is 42.9 Å². The van der Waals surface area contributed by atoms with Gasteiger partial charge in [0.2, 0.25) is 0 Å². The molecule has 2 aromatic rings. The van der Waals surface area contributed by atoms with Gasteiger partial charge in [0.25, 0.3) is 11.5 Å². The highest BCUT2D eigenvalue weighted by molar-refractivity contribution is 5.94. The molecular weight excluding hydrogens is 354 g/mol. The van der Waals surface area contributed by atoms with E-state index in [0.29, 0.717) is 23.9 Å². The molecule has 0 spiro atoms. The summed E-state index contributed by atoms with van der Waals surface area (Å²) >= 11 is 0. The van der Waals surface area contributed by atoms with E-state index in [1.165, 1.54) is 0 Å². The van der Waals surface area contributed by atoms with Crippen molar-refractivity contribution >= 4 is 5.91 Å². The molecule has 3 aliphatic heterocycles. The number of aromatic nitrogens is 1. The Labute approximate surface area is 163 Å². The van der Waals surface area contributed by atoms with E-state index in [2.05, 4.69) is 10.6 Å². The maximum atomic E-state index is 12.8. The molecular formula is C22H25N3O3. The van der Waals surface area contributed by atoms with Crippen molar-refractivity contribution in [3.63, 3.8) is 0 Å². The zero-order chi connectivity index (χ0) is 19.1. The normalized spacial score (nSPS) is 25.2. The van der Waals surface area contributed by atoms with E-state index in [-0.39, 0.29) is 17.5 Å². The summed E-state index contributed by atoms with van der Waals surface area (Å²) < 4.78 is 7.55. The van der Waals surface area contributed by atoms with Crippen LogP contribution in [-0.4, -0.2) is 36.7 Å². The molecule has 5 rings (SSSR count). The monoisotopic (exact) mass is 379 g/mol. The lowest BCUT2D eigenvalue weighted by molar-refractivity contribution is 0.0932. The van der Waals surface area contributed by atoms with Gasteiger partial charge < -0.3 is 19.9 Å². The van der Waals surface area contributed by atoms with Crippen molar-refractivity contribution in [1.29, 1.82) is 0 Å². The Morgan fingerprint density at radius 2 is 2.18 bits per heavy atom. The first-order chi connectivity index (χ1) is 13.7. The molecule has 3 aliphatic rings. The van der Waals surface area contributed by atoms with Gasteiger partial charge in [-0.05, 0) is 55.0 Å². The van der Waals surface area contributed by atoms with E-state index in [0.717, 1.165) is 56.0 Å². The lowest BCUT2D eigenvalue weighted by Crippen LogP contribution is -2.50. The van der Waals surface area contributed by atoms with E-state index >= 15 is 0 Å². The topological polar surface area (TPSA) is 72.4 Å². The van der Waals surface area contributed by atoms with Crippen molar-refractivity contribution in [3.05, 3.63) is 63.6 Å². The van der Waals surface area contributed by atoms with Crippen LogP contribution in [0.25, 0.3) is 0 Å². The molecule has 0 radical (unpaired) electrons. The number of nitrogens with zero attached hydrogens (tertiary/aromatic N) is 1. The predicted molar refractivity (Wildman–Crippen MR) is 106 cm³/mol. The summed E-state index contributed by atoms with van der Waals surface area (Å²) in [5.41, 5.74) is 2.86. The van der Waals surface area contributed by atoms with Gasteiger partial charge in [0.15, 0.2) is 0 Å². The van der Waals surface area contributed by atoms with Crippen molar-refractivity contribution in [2.24, 2.45) is 5.92 Å². The number of fused-ring (bicyclic) bond motifs is 5. The number of hydrogen-bond acceptors (Lipinski definition) is 4. The van der Waals surface area contributed by atoms with Crippen LogP contribution in [0.3, 0.4) is 0 Å². The van der Waals surface area contributed by atoms with Gasteiger partial charge in [-0.3, -0.25) is 9.59 Å². The van der Waals surface area contributed by atoms with Crippen LogP contribution in [0.1, 0.15) is 46.4 Å². The Kier molecular flexibility index (Phi) is 4.43. The van der Waals surface area contributed by atoms with E-state index in [9.17, 15) is 9.59 Å². The van der Waals surface area contributed by atoms with Crippen LogP contribution in [-0.2, 0) is 6.42 Å². The van der Waals surface area contributed by atoms with Gasteiger partial charge in [0.1, 0.15) is 5.75 Å². The molecule has 1 amide bonds. The van der Waals surface area contributed by atoms with Crippen LogP contribution in [0.5, 0.6) is 5.75 Å². The molecule has 1 aromatic heterocycles. The van der Waals surface area contributed by atoms with Gasteiger partial charge in [-0.2, -0.15) is 0 Å². The van der Waals surface area contributed by atoms with Crippen molar-refractivity contribution in [3.8, 4) is 5.75 Å². The maximum Gasteiger partial charge on any atom is 0.251 e. The van der Waals surface area contributed by atoms with E-state index in [4.69, 9.17) is 4.74 Å². The quantitative estimate of drug-likeness (QED) is 0.854. The number of rotatable bonds is 3. The molecule has 1 saturated heterocycles. The highest BCUT2D eigenvalue weighted by atomic mass is 16.5. The smallest absolute Gasteiger partial charge is 0.251 e. The Hall–Kier alpha value is -2.60. The number of benzene rings is 1. The summed E-state index contributed by atoms with van der Waals surface area (Å²) in [5, 5.41) is 6.57. The van der Waals surface area contributed by atoms with Crippen LogP contribution in [0.2, 0.25) is 0 Å². The Bertz CT molecular complexity index is 968. The third-order valence-electron chi connectivity index (χ3n) is 6.34. The highest BCUT2D eigenvalue weighted by Gasteiger charge is 2.37. The first kappa shape index (κ1) is 17.5. The van der Waals surface area contributed by atoms with E-state index in [1.54, 1.807) is 6.07 Å². The predicted octanol–water partition coefficient (Wildman–Crippen LogP) is 1.85. The molecule has 0 aliphatic carbocycles. The third-order valence-corrected chi connectivity index (χ3v) is 6.34. The fraction of sp³-hybridized carbons (Fsp3) is 0.455. The zero-order valence-electron chi connectivity index (χ0n) is 15.8. The Balaban J connectivity index is 1.37. The molecule has 2 N–H and O–H groups in total. The minimum absolute atomic E-state index is 0.0161. The molecule has 6 nitrogen and oxygen atoms in total. The first-order valence-electron chi connectivity index (χ1n) is 10.2. The summed E-state index contributed by atoms with van der Waals surface area (Å²) in [6.07, 6.45) is 2.99. The third kappa shape index (κ3) is 3.02. The van der Waals surface area contributed by atoms with Gasteiger partial charge >= 0.3 is 0 Å². The second-order valence-corrected chi connectivity index (χ2v) is 8.06. The minimum Gasteiger partial charge on any atom is -0.493 e. The molecule has 1 fully saturated rings. The molecule has 3 atom stereocenters. The highest BCUT2D eigenvalue weighted by Crippen LogP contribution is 2.38. The van der Waals surface area contributed by atoms with Crippen molar-refractivity contribution in [2.75, 3.05) is 26.2 Å². The van der Waals surface area contributed by atoms with Gasteiger partial charge in [-0.1, -0.05) is 6.07 Å². The zero-order valence-corrected chi connectivity index (χ0v) is 15.8. The number of carbonyl (C=O) groups excluding carboxylic acids is 1. The molecule has 0 unspecified atom stereocenters. The number of amides is 1. The summed E-state index contributed by atoms with van der Waals surface area (Å²) in [4.78, 5) is 25.4. The molecule has 4 heterocycles. The Morgan fingerprint density at radius 1 is 1.25 bits per heavy atom. The number of nitrogens with one attached hydrogen (secondary N) is 2. The SMILES string of the molecule is O=C(NC[C@H]1[C@@H]2CNC[C@@H](C2)c2cccc(=O)n21)c1ccc2c(c1)CCCO2. The number of pyridine rings is 1. The van der Waals surface area contributed by atoms with Crippen LogP contribution in [0.4, 0.5) is 0 Å². The molecule has 0 saturated carbocycles. The molecule has 2 bridgehead atoms. The second kappa shape index (κ2) is 7.09. The van der Waals surface area contributed by atoms with Crippen LogP contribution in [0, 0.1) is 5.92 Å². The number of hydrogen-bond donors (Lipinski definition) is 2. The summed E-state index contributed by atoms with van der Waals surface area (Å²) in [7, 11) is 0. The number of aryl methyl sites for hydroxylation is 1. The molecule has 1 aromatic carbocycles. The van der Waals surface area contributed by atoms with Gasteiger partial charge in [-0.25, -0.2) is 0 Å². The largest absolute Gasteiger partial charge is 0.493 e. The standard InChI is InChI=1S/C22H25N3O3/c26-21-5-1-4-18-16-10-17(12-23-11-16)19(25(18)21)13-24-22(27)15-6-7-20-14(9-15)3-2-8-28-20/h1,4-7,9,16-17,19,23H,2-3,8,10-13H2,(H,24,27)/t16-,17+,19+/m1/s1. The van der Waals surface area contributed by atoms with Gasteiger partial charge in [-0.15, -0.1) is 0 Å². The number of ether oxygens (including phenoxy) is 1. The number of piperidine rings is 1. The average Bonchev–Trinajstić information content (AvgIpc) is 2.74. The van der Waals surface area contributed by atoms with Crippen LogP contribution in [0.15, 0.2) is 41.2 Å². The fourth-order valence-corrected chi connectivity index (χ4v) is 4.97. The lowest BCUT2D eigenvalue weighted by Gasteiger charge is -2.43. The molecule has 28 heavy (non-hydrogen) atoms. The summed E-state index contributed by atoms with van der Waals surface area (Å²) in [6, 6.07) is 11.1. The fourth-order valence-electron chi connectivity index (χ4n) is 4.97. The van der Waals surface area contributed by atoms with E-state index < -0.39 is 0 Å². The number of carbonyl (C=O) groups is 1. The lowest BCUT2D eigenvalue weighted by atomic mass is 9.79. The Morgan fingerprint density at radius 3 is 3.11 bits per heavy atom. The summed E-state index contributed by atoms with van der Waals surface area (Å²) in [6.45, 7) is 3.00. The minimum atomic E-state index is -0.0928. The average molecular weight is 379 g/mol. The van der Waals surface area contributed by atoms with Gasteiger partial charge in [0.05, 0.1) is 12.6 Å². The summed E-state index contributed by atoms with van der Waals surface area (Å²) in [5.74, 6) is 1.52. The second-order valence-electron chi connectivity index (χ2n) is 8.06. The van der Waals surface area contributed by atoms with Crippen LogP contribution < -0.4 is 20.9 Å². The van der Waals surface area contributed by atoms with Crippen molar-refractivity contribution in [2.45, 2.75) is 31.2 Å². The molecule has 6 heteroatoms. The van der Waals surface area contributed by atoms with Crippen molar-refractivity contribution < 1.29 is 9.53 Å². The molecule has 146 valence electrons. The first-order valence-corrected chi connectivity index (χ1v) is 10.2. The maximum absolute atomic E-state index is 12.8. The van der Waals surface area contributed by atoms with E-state index in [1.807, 2.05) is 34.9 Å².